The molecule has 0 aliphatic carbocycles. The smallest absolute Gasteiger partial charge is 0.825 e. The Bertz CT molecular complexity index is 185. The van der Waals surface area contributed by atoms with Crippen LogP contribution in [0.4, 0.5) is 0 Å². The maximum absolute atomic E-state index is 10.8. The van der Waals surface area contributed by atoms with Crippen LogP contribution in [0, 0.1) is 0 Å². The normalized spacial score (nSPS) is 11.5. The van der Waals surface area contributed by atoms with Crippen LogP contribution in [0.15, 0.2) is 0 Å². The van der Waals surface area contributed by atoms with Gasteiger partial charge in [0.2, 0.25) is 0 Å². The molecule has 0 radical (unpaired) electrons. The Morgan fingerprint density at radius 3 is 2.00 bits per heavy atom. The van der Waals surface area contributed by atoms with Gasteiger partial charge in [0.05, 0.1) is 0 Å². The zero-order valence-electron chi connectivity index (χ0n) is 9.70. The molecule has 0 heterocycles. The first-order valence-corrected chi connectivity index (χ1v) is 8.05. The Morgan fingerprint density at radius 2 is 1.71 bits per heavy atom. The first kappa shape index (κ1) is 22.1. The van der Waals surface area contributed by atoms with Gasteiger partial charge >= 0.3 is 59.1 Å². The molecule has 2 nitrogen and oxygen atoms in total. The molecule has 7 heteroatoms. The van der Waals surface area contributed by atoms with Crippen LogP contribution in [0.5, 0.6) is 0 Å². The molecule has 0 unspecified atom stereocenters. The third-order valence-electron chi connectivity index (χ3n) is 1.49. The van der Waals surface area contributed by atoms with Gasteiger partial charge < -0.3 is 9.79 Å². The van der Waals surface area contributed by atoms with E-state index in [1.165, 1.54) is 0 Å². The van der Waals surface area contributed by atoms with Crippen LogP contribution in [-0.2, 0) is 11.8 Å². The Labute approximate surface area is 141 Å². The van der Waals surface area contributed by atoms with Crippen molar-refractivity contribution in [2.24, 2.45) is 0 Å². The summed E-state index contributed by atoms with van der Waals surface area (Å²) in [6.45, 7) is 5.93. The van der Waals surface area contributed by atoms with Crippen molar-refractivity contribution in [3.05, 3.63) is 0 Å². The van der Waals surface area contributed by atoms with Gasteiger partial charge in [-0.05, 0) is 6.42 Å². The second-order valence-electron chi connectivity index (χ2n) is 3.40. The van der Waals surface area contributed by atoms with Gasteiger partial charge in [0.25, 0.3) is 0 Å². The van der Waals surface area contributed by atoms with E-state index in [4.69, 9.17) is 0 Å². The molecule has 0 bridgehead atoms. The van der Waals surface area contributed by atoms with Crippen molar-refractivity contribution in [1.82, 2.24) is 0 Å². The van der Waals surface area contributed by atoms with Crippen molar-refractivity contribution in [2.45, 2.75) is 44.8 Å². The molecule has 0 aromatic rings. The van der Waals surface area contributed by atoms with Gasteiger partial charge in [-0.3, -0.25) is 0 Å². The zero-order valence-corrected chi connectivity index (χ0v) is 16.2. The zero-order chi connectivity index (χ0) is 9.83. The monoisotopic (exact) mass is 272 g/mol. The maximum Gasteiger partial charge on any atom is 1.00 e. The second kappa shape index (κ2) is 9.90. The average molecular weight is 272 g/mol. The Kier molecular flexibility index (Phi) is 15.7. The predicted molar refractivity (Wildman–Crippen MR) is 55.5 cm³/mol. The van der Waals surface area contributed by atoms with Gasteiger partial charge in [0, 0.05) is 4.75 Å². The van der Waals surface area contributed by atoms with Crippen LogP contribution < -0.4 is 68.9 Å². The van der Waals surface area contributed by atoms with Crippen LogP contribution in [0.1, 0.15) is 40.0 Å². The summed E-state index contributed by atoms with van der Waals surface area (Å²) in [5, 5.41) is 0. The minimum Gasteiger partial charge on any atom is -0.825 e. The van der Waals surface area contributed by atoms with E-state index in [1.807, 2.05) is 13.8 Å². The van der Waals surface area contributed by atoms with Crippen LogP contribution >= 0.6 is 17.1 Å². The van der Waals surface area contributed by atoms with E-state index in [0.717, 1.165) is 30.6 Å². The molecule has 0 aliphatic rings. The van der Waals surface area contributed by atoms with Crippen molar-refractivity contribution in [3.8, 4) is 0 Å². The summed E-state index contributed by atoms with van der Waals surface area (Å²) < 4.78 is -0.227. The first-order chi connectivity index (χ1) is 5.27. The molecule has 0 atom stereocenters. The van der Waals surface area contributed by atoms with Crippen LogP contribution in [0.25, 0.3) is 0 Å². The number of rotatable bonds is 5. The second-order valence-corrected chi connectivity index (χ2v) is 9.71. The molecule has 74 valence electrons. The Hall–Kier alpha value is 2.92. The molecule has 0 spiro atoms. The van der Waals surface area contributed by atoms with Gasteiger partial charge in [-0.15, -0.1) is 23.2 Å². The summed E-state index contributed by atoms with van der Waals surface area (Å²) >= 11 is 5.26. The molecule has 0 fully saturated rings. The largest absolute Gasteiger partial charge is 1.00 e. The molecule has 0 saturated carbocycles. The third-order valence-corrected chi connectivity index (χ3v) is 5.24. The van der Waals surface area contributed by atoms with Crippen molar-refractivity contribution in [3.63, 3.8) is 0 Å². The van der Waals surface area contributed by atoms with E-state index in [0.29, 0.717) is 0 Å². The van der Waals surface area contributed by atoms with Gasteiger partial charge in [-0.1, -0.05) is 33.6 Å². The molecule has 0 aromatic carbocycles. The molecule has 0 rings (SSSR count). The molecule has 0 aliphatic heterocycles. The molecular formula is C7H15Na2O2PS2. The maximum atomic E-state index is 10.8. The molecule has 0 amide bonds. The van der Waals surface area contributed by atoms with Crippen LogP contribution in [0.2, 0.25) is 0 Å². The van der Waals surface area contributed by atoms with Crippen molar-refractivity contribution >= 4 is 28.9 Å². The Morgan fingerprint density at radius 1 is 1.29 bits per heavy atom. The van der Waals surface area contributed by atoms with Crippen LogP contribution in [0.3, 0.4) is 0 Å². The van der Waals surface area contributed by atoms with Crippen molar-refractivity contribution < 1.29 is 68.9 Å². The Balaban J connectivity index is -0.000000605. The van der Waals surface area contributed by atoms with E-state index >= 15 is 0 Å². The quantitative estimate of drug-likeness (QED) is 0.375. The van der Waals surface area contributed by atoms with E-state index in [1.54, 1.807) is 0 Å². The minimum absolute atomic E-state index is 0. The third kappa shape index (κ3) is 14.9. The molecule has 14 heavy (non-hydrogen) atoms. The minimum atomic E-state index is -3.58. The summed E-state index contributed by atoms with van der Waals surface area (Å²) in [4.78, 5) is 21.6. The van der Waals surface area contributed by atoms with E-state index < -0.39 is 5.69 Å². The fourth-order valence-corrected chi connectivity index (χ4v) is 5.70. The molecular weight excluding hydrogens is 257 g/mol. The van der Waals surface area contributed by atoms with E-state index in [-0.39, 0.29) is 63.9 Å². The van der Waals surface area contributed by atoms with E-state index in [9.17, 15) is 9.79 Å². The van der Waals surface area contributed by atoms with Gasteiger partial charge in [-0.2, -0.15) is 5.69 Å². The fraction of sp³-hybridized carbons (Fsp3) is 1.00. The SMILES string of the molecule is CCCCC(C)(C)SP([O-])([O-])=S.[Na+].[Na+]. The molecule has 0 aromatic heterocycles. The summed E-state index contributed by atoms with van der Waals surface area (Å²) in [5.41, 5.74) is -3.58. The van der Waals surface area contributed by atoms with Crippen LogP contribution in [-0.4, -0.2) is 4.75 Å². The van der Waals surface area contributed by atoms with Gasteiger partial charge in [-0.25, -0.2) is 0 Å². The summed E-state index contributed by atoms with van der Waals surface area (Å²) in [7, 11) is 0. The van der Waals surface area contributed by atoms with E-state index in [2.05, 4.69) is 18.7 Å². The number of unbranched alkanes of at least 4 members (excludes halogenated alkanes) is 1. The standard InChI is InChI=1S/C7H17O2PS2.2Na/c1-4-5-6-7(2,3)12-10(8,9)11;;/h4-6H2,1-3H3,(H2,8,9,11);;/q;2*+1/p-2. The first-order valence-electron chi connectivity index (χ1n) is 4.00. The topological polar surface area (TPSA) is 46.1 Å². The fourth-order valence-electron chi connectivity index (χ4n) is 0.951. The average Bonchev–Trinajstić information content (AvgIpc) is 1.78. The van der Waals surface area contributed by atoms with Crippen molar-refractivity contribution in [2.75, 3.05) is 0 Å². The summed E-state index contributed by atoms with van der Waals surface area (Å²) in [6, 6.07) is 0. The molecule has 0 N–H and O–H groups in total. The molecule has 0 saturated heterocycles. The predicted octanol–water partition coefficient (Wildman–Crippen LogP) is -4.36. The van der Waals surface area contributed by atoms with Crippen molar-refractivity contribution in [1.29, 1.82) is 0 Å². The van der Waals surface area contributed by atoms with Gasteiger partial charge in [0.1, 0.15) is 0 Å². The number of hydrogen-bond donors (Lipinski definition) is 0. The van der Waals surface area contributed by atoms with Gasteiger partial charge in [0.15, 0.2) is 0 Å². The summed E-state index contributed by atoms with van der Waals surface area (Å²) in [6.07, 6.45) is 3.04. The number of hydrogen-bond acceptors (Lipinski definition) is 4. The summed E-state index contributed by atoms with van der Waals surface area (Å²) in [5.74, 6) is 0.